The number of benzene rings is 2. The molecule has 0 radical (unpaired) electrons. The molecule has 1 aliphatic rings. The molecule has 10 heteroatoms. The van der Waals surface area contributed by atoms with Gasteiger partial charge in [0.2, 0.25) is 11.7 Å². The Morgan fingerprint density at radius 3 is 2.09 bits per heavy atom. The monoisotopic (exact) mass is 444 g/mol. The normalized spacial score (nSPS) is 14.0. The summed E-state index contributed by atoms with van der Waals surface area (Å²) in [6, 6.07) is 9.99. The summed E-state index contributed by atoms with van der Waals surface area (Å²) in [5.41, 5.74) is 1.63. The highest BCUT2D eigenvalue weighted by Crippen LogP contribution is 2.39. The number of methoxy groups -OCH3 is 3. The highest BCUT2D eigenvalue weighted by molar-refractivity contribution is 5.91. The molecule has 0 atom stereocenters. The number of piperazine rings is 1. The van der Waals surface area contributed by atoms with Crippen LogP contribution in [-0.4, -0.2) is 69.8 Å². The van der Waals surface area contributed by atoms with E-state index in [0.29, 0.717) is 35.9 Å². The molecule has 0 spiro atoms. The number of ether oxygens (including phenoxy) is 3. The molecule has 0 saturated carbocycles. The number of nitrogens with zero attached hydrogens (tertiary/aromatic N) is 3. The Bertz CT molecular complexity index is 917. The fourth-order valence-electron chi connectivity index (χ4n) is 3.65. The van der Waals surface area contributed by atoms with Crippen LogP contribution in [0.5, 0.6) is 17.2 Å². The highest BCUT2D eigenvalue weighted by atomic mass is 16.6. The Hall–Kier alpha value is -3.53. The Morgan fingerprint density at radius 1 is 1.00 bits per heavy atom. The van der Waals surface area contributed by atoms with Crippen LogP contribution >= 0.6 is 0 Å². The predicted molar refractivity (Wildman–Crippen MR) is 121 cm³/mol. The number of carbonyl (C=O) groups is 1. The van der Waals surface area contributed by atoms with E-state index in [1.165, 1.54) is 33.5 Å². The van der Waals surface area contributed by atoms with Crippen LogP contribution in [0.2, 0.25) is 0 Å². The lowest BCUT2D eigenvalue weighted by Gasteiger charge is -2.36. The molecule has 1 aliphatic heterocycles. The Morgan fingerprint density at radius 2 is 1.59 bits per heavy atom. The maximum atomic E-state index is 12.5. The number of nitro benzene ring substituents is 1. The molecule has 1 saturated heterocycles. The molecule has 1 N–H and O–H groups in total. The highest BCUT2D eigenvalue weighted by Gasteiger charge is 2.19. The summed E-state index contributed by atoms with van der Waals surface area (Å²) < 4.78 is 15.9. The van der Waals surface area contributed by atoms with Gasteiger partial charge in [-0.3, -0.25) is 19.8 Å². The van der Waals surface area contributed by atoms with Gasteiger partial charge < -0.3 is 24.4 Å². The van der Waals surface area contributed by atoms with Crippen molar-refractivity contribution < 1.29 is 23.9 Å². The molecule has 3 rings (SSSR count). The van der Waals surface area contributed by atoms with Gasteiger partial charge in [0, 0.05) is 74.8 Å². The number of amides is 1. The van der Waals surface area contributed by atoms with E-state index in [1.807, 2.05) is 0 Å². The lowest BCUT2D eigenvalue weighted by molar-refractivity contribution is -0.384. The zero-order chi connectivity index (χ0) is 23.1. The van der Waals surface area contributed by atoms with E-state index in [0.717, 1.165) is 31.9 Å². The van der Waals surface area contributed by atoms with Gasteiger partial charge >= 0.3 is 0 Å². The molecule has 172 valence electrons. The maximum absolute atomic E-state index is 12.5. The van der Waals surface area contributed by atoms with Crippen LogP contribution in [-0.2, 0) is 4.79 Å². The quantitative estimate of drug-likeness (QED) is 0.465. The van der Waals surface area contributed by atoms with Crippen LogP contribution in [0, 0.1) is 10.1 Å². The first-order valence-corrected chi connectivity index (χ1v) is 10.3. The number of nitro groups is 1. The number of nitrogens with one attached hydrogen (secondary N) is 1. The van der Waals surface area contributed by atoms with Gasteiger partial charge in [0.1, 0.15) is 0 Å². The molecule has 10 nitrogen and oxygen atoms in total. The maximum Gasteiger partial charge on any atom is 0.269 e. The molecule has 0 aromatic heterocycles. The Kier molecular flexibility index (Phi) is 7.72. The van der Waals surface area contributed by atoms with Crippen molar-refractivity contribution in [1.29, 1.82) is 0 Å². The summed E-state index contributed by atoms with van der Waals surface area (Å²) in [6.45, 7) is 3.87. The zero-order valence-corrected chi connectivity index (χ0v) is 18.5. The topological polar surface area (TPSA) is 106 Å². The molecule has 2 aromatic rings. The van der Waals surface area contributed by atoms with Crippen molar-refractivity contribution in [3.8, 4) is 17.2 Å². The second-order valence-corrected chi connectivity index (χ2v) is 7.31. The lowest BCUT2D eigenvalue weighted by Crippen LogP contribution is -2.47. The van der Waals surface area contributed by atoms with E-state index in [1.54, 1.807) is 24.3 Å². The predicted octanol–water partition coefficient (Wildman–Crippen LogP) is 2.77. The second-order valence-electron chi connectivity index (χ2n) is 7.31. The SMILES string of the molecule is COc1cc(NC(=O)CCN2CCN(c3ccc([N+](=O)[O-])cc3)CC2)cc(OC)c1OC. The molecule has 1 heterocycles. The number of rotatable bonds is 9. The summed E-state index contributed by atoms with van der Waals surface area (Å²) in [4.78, 5) is 27.3. The van der Waals surface area contributed by atoms with Gasteiger partial charge in [0.15, 0.2) is 11.5 Å². The van der Waals surface area contributed by atoms with E-state index < -0.39 is 4.92 Å². The van der Waals surface area contributed by atoms with Gasteiger partial charge in [0.05, 0.1) is 26.3 Å². The number of hydrogen-bond acceptors (Lipinski definition) is 8. The molecule has 32 heavy (non-hydrogen) atoms. The first-order valence-electron chi connectivity index (χ1n) is 10.3. The summed E-state index contributed by atoms with van der Waals surface area (Å²) in [5.74, 6) is 1.32. The molecular formula is C22H28N4O6. The number of anilines is 2. The minimum absolute atomic E-state index is 0.0884. The third-order valence-electron chi connectivity index (χ3n) is 5.40. The van der Waals surface area contributed by atoms with Gasteiger partial charge in [-0.15, -0.1) is 0 Å². The van der Waals surface area contributed by atoms with Gasteiger partial charge in [-0.25, -0.2) is 0 Å². The fraction of sp³-hybridized carbons (Fsp3) is 0.409. The first kappa shape index (κ1) is 23.1. The molecule has 1 amide bonds. The smallest absolute Gasteiger partial charge is 0.269 e. The van der Waals surface area contributed by atoms with Crippen molar-refractivity contribution in [3.05, 3.63) is 46.5 Å². The van der Waals surface area contributed by atoms with Crippen molar-refractivity contribution in [1.82, 2.24) is 4.90 Å². The van der Waals surface area contributed by atoms with E-state index in [2.05, 4.69) is 15.1 Å². The summed E-state index contributed by atoms with van der Waals surface area (Å²) in [7, 11) is 4.58. The minimum Gasteiger partial charge on any atom is -0.493 e. The van der Waals surface area contributed by atoms with E-state index >= 15 is 0 Å². The average Bonchev–Trinajstić information content (AvgIpc) is 2.82. The van der Waals surface area contributed by atoms with Gasteiger partial charge in [-0.1, -0.05) is 0 Å². The lowest BCUT2D eigenvalue weighted by atomic mass is 10.2. The van der Waals surface area contributed by atoms with E-state index in [-0.39, 0.29) is 11.6 Å². The molecule has 1 fully saturated rings. The van der Waals surface area contributed by atoms with Crippen molar-refractivity contribution in [3.63, 3.8) is 0 Å². The summed E-state index contributed by atoms with van der Waals surface area (Å²) in [6.07, 6.45) is 0.355. The average molecular weight is 444 g/mol. The van der Waals surface area contributed by atoms with Crippen molar-refractivity contribution in [2.45, 2.75) is 6.42 Å². The standard InChI is InChI=1S/C22H28N4O6/c1-30-19-14-16(15-20(31-2)22(19)32-3)23-21(27)8-9-24-10-12-25(13-11-24)17-4-6-18(7-5-17)26(28)29/h4-7,14-15H,8-13H2,1-3H3,(H,23,27). The first-order chi connectivity index (χ1) is 15.4. The van der Waals surface area contributed by atoms with Gasteiger partial charge in [-0.2, -0.15) is 0 Å². The number of non-ortho nitro benzene ring substituents is 1. The second kappa shape index (κ2) is 10.7. The molecule has 2 aromatic carbocycles. The van der Waals surface area contributed by atoms with Crippen LogP contribution < -0.4 is 24.4 Å². The summed E-state index contributed by atoms with van der Waals surface area (Å²) >= 11 is 0. The Balaban J connectivity index is 1.48. The molecule has 0 unspecified atom stereocenters. The van der Waals surface area contributed by atoms with Gasteiger partial charge in [0.25, 0.3) is 5.69 Å². The van der Waals surface area contributed by atoms with Crippen LogP contribution in [0.4, 0.5) is 17.1 Å². The van der Waals surface area contributed by atoms with Crippen molar-refractivity contribution in [2.75, 3.05) is 64.3 Å². The third kappa shape index (κ3) is 5.58. The fourth-order valence-corrected chi connectivity index (χ4v) is 3.65. The molecule has 0 aliphatic carbocycles. The van der Waals surface area contributed by atoms with E-state index in [4.69, 9.17) is 14.2 Å². The minimum atomic E-state index is -0.398. The summed E-state index contributed by atoms with van der Waals surface area (Å²) in [5, 5.41) is 13.7. The third-order valence-corrected chi connectivity index (χ3v) is 5.40. The van der Waals surface area contributed by atoms with Crippen molar-refractivity contribution in [2.24, 2.45) is 0 Å². The largest absolute Gasteiger partial charge is 0.493 e. The van der Waals surface area contributed by atoms with Gasteiger partial charge in [-0.05, 0) is 12.1 Å². The zero-order valence-electron chi connectivity index (χ0n) is 18.5. The van der Waals surface area contributed by atoms with Crippen LogP contribution in [0.25, 0.3) is 0 Å². The van der Waals surface area contributed by atoms with Crippen LogP contribution in [0.1, 0.15) is 6.42 Å². The molecular weight excluding hydrogens is 416 g/mol. The van der Waals surface area contributed by atoms with Crippen LogP contribution in [0.3, 0.4) is 0 Å². The molecule has 0 bridgehead atoms. The Labute approximate surface area is 186 Å². The van der Waals surface area contributed by atoms with E-state index in [9.17, 15) is 14.9 Å². The number of carbonyl (C=O) groups excluding carboxylic acids is 1. The van der Waals surface area contributed by atoms with Crippen molar-refractivity contribution >= 4 is 23.0 Å². The van der Waals surface area contributed by atoms with Crippen LogP contribution in [0.15, 0.2) is 36.4 Å². The number of hydrogen-bond donors (Lipinski definition) is 1.